The van der Waals surface area contributed by atoms with Crippen molar-refractivity contribution < 1.29 is 9.59 Å². The van der Waals surface area contributed by atoms with Crippen LogP contribution in [-0.4, -0.2) is 29.3 Å². The molecule has 2 aromatic rings. The average molecular weight is 322 g/mol. The van der Waals surface area contributed by atoms with Gasteiger partial charge >= 0.3 is 0 Å². The topological polar surface area (TPSA) is 49.4 Å². The largest absolute Gasteiger partial charge is 0.341 e. The Bertz CT molecular complexity index is 700. The van der Waals surface area contributed by atoms with Gasteiger partial charge in [0.05, 0.1) is 6.04 Å². The molecule has 2 atom stereocenters. The van der Waals surface area contributed by atoms with Crippen molar-refractivity contribution >= 4 is 11.8 Å². The Labute approximate surface area is 142 Å². The summed E-state index contributed by atoms with van der Waals surface area (Å²) in [7, 11) is 0. The Hall–Kier alpha value is -2.62. The number of carbonyl (C=O) groups is 2. The summed E-state index contributed by atoms with van der Waals surface area (Å²) < 4.78 is 0. The summed E-state index contributed by atoms with van der Waals surface area (Å²) in [6.45, 7) is 2.49. The van der Waals surface area contributed by atoms with Crippen LogP contribution in [0, 0.1) is 0 Å². The Kier molecular flexibility index (Phi) is 4.94. The van der Waals surface area contributed by atoms with Gasteiger partial charge in [-0.3, -0.25) is 9.59 Å². The number of rotatable bonds is 4. The van der Waals surface area contributed by atoms with Crippen molar-refractivity contribution in [1.82, 2.24) is 10.2 Å². The quantitative estimate of drug-likeness (QED) is 0.940. The molecule has 2 aromatic carbocycles. The molecule has 0 radical (unpaired) electrons. The zero-order valence-corrected chi connectivity index (χ0v) is 13.8. The molecule has 4 nitrogen and oxygen atoms in total. The Morgan fingerprint density at radius 3 is 2.33 bits per heavy atom. The van der Waals surface area contributed by atoms with Crippen molar-refractivity contribution in [3.8, 4) is 0 Å². The smallest absolute Gasteiger partial charge is 0.251 e. The van der Waals surface area contributed by atoms with Crippen molar-refractivity contribution in [1.29, 1.82) is 0 Å². The van der Waals surface area contributed by atoms with Gasteiger partial charge in [-0.2, -0.15) is 0 Å². The lowest BCUT2D eigenvalue weighted by Gasteiger charge is -2.28. The van der Waals surface area contributed by atoms with Gasteiger partial charge in [-0.05, 0) is 37.5 Å². The fourth-order valence-corrected chi connectivity index (χ4v) is 3.23. The first-order valence-corrected chi connectivity index (χ1v) is 8.38. The molecule has 1 aliphatic rings. The number of hydrogen-bond acceptors (Lipinski definition) is 2. The van der Waals surface area contributed by atoms with Gasteiger partial charge in [0.2, 0.25) is 5.91 Å². The minimum Gasteiger partial charge on any atom is -0.341 e. The van der Waals surface area contributed by atoms with Crippen LogP contribution in [0.4, 0.5) is 0 Å². The predicted molar refractivity (Wildman–Crippen MR) is 93.5 cm³/mol. The van der Waals surface area contributed by atoms with E-state index in [4.69, 9.17) is 0 Å². The zero-order chi connectivity index (χ0) is 16.9. The average Bonchev–Trinajstić information content (AvgIpc) is 3.12. The number of hydrogen-bond donors (Lipinski definition) is 1. The predicted octanol–water partition coefficient (Wildman–Crippen LogP) is 3.17. The summed E-state index contributed by atoms with van der Waals surface area (Å²) >= 11 is 0. The van der Waals surface area contributed by atoms with E-state index in [0.29, 0.717) is 5.56 Å². The van der Waals surface area contributed by atoms with E-state index in [0.717, 1.165) is 24.9 Å². The first kappa shape index (κ1) is 16.2. The summed E-state index contributed by atoms with van der Waals surface area (Å²) in [6, 6.07) is 18.6. The van der Waals surface area contributed by atoms with E-state index in [1.54, 1.807) is 19.1 Å². The SMILES string of the molecule is C[C@@H](NC(=O)c1ccccc1)C(=O)N1CCC[C@@H]1c1ccccc1. The fourth-order valence-electron chi connectivity index (χ4n) is 3.23. The highest BCUT2D eigenvalue weighted by Gasteiger charge is 2.32. The standard InChI is InChI=1S/C20H22N2O2/c1-15(21-19(23)17-11-6-3-7-12-17)20(24)22-14-8-13-18(22)16-9-4-2-5-10-16/h2-7,9-12,15,18H,8,13-14H2,1H3,(H,21,23)/t15-,18-/m1/s1. The highest BCUT2D eigenvalue weighted by atomic mass is 16.2. The lowest BCUT2D eigenvalue weighted by molar-refractivity contribution is -0.133. The highest BCUT2D eigenvalue weighted by molar-refractivity contribution is 5.97. The molecular formula is C20H22N2O2. The fraction of sp³-hybridized carbons (Fsp3) is 0.300. The van der Waals surface area contributed by atoms with Gasteiger partial charge in [0.25, 0.3) is 5.91 Å². The van der Waals surface area contributed by atoms with Crippen LogP contribution in [0.1, 0.15) is 41.7 Å². The summed E-state index contributed by atoms with van der Waals surface area (Å²) in [5, 5.41) is 2.81. The molecule has 0 aliphatic carbocycles. The van der Waals surface area contributed by atoms with Crippen LogP contribution in [-0.2, 0) is 4.79 Å². The van der Waals surface area contributed by atoms with Crippen LogP contribution in [0.5, 0.6) is 0 Å². The number of nitrogens with one attached hydrogen (secondary N) is 1. The van der Waals surface area contributed by atoms with E-state index < -0.39 is 6.04 Å². The van der Waals surface area contributed by atoms with Crippen molar-refractivity contribution in [2.45, 2.75) is 31.8 Å². The number of benzene rings is 2. The summed E-state index contributed by atoms with van der Waals surface area (Å²) in [6.07, 6.45) is 1.96. The maximum Gasteiger partial charge on any atom is 0.251 e. The number of carbonyl (C=O) groups excluding carboxylic acids is 2. The molecule has 1 saturated heterocycles. The van der Waals surface area contributed by atoms with Gasteiger partial charge < -0.3 is 10.2 Å². The lowest BCUT2D eigenvalue weighted by atomic mass is 10.0. The van der Waals surface area contributed by atoms with Crippen molar-refractivity contribution in [2.24, 2.45) is 0 Å². The summed E-state index contributed by atoms with van der Waals surface area (Å²) in [5.41, 5.74) is 1.73. The van der Waals surface area contributed by atoms with E-state index in [1.165, 1.54) is 0 Å². The molecule has 0 unspecified atom stereocenters. The van der Waals surface area contributed by atoms with Crippen LogP contribution in [0.15, 0.2) is 60.7 Å². The third kappa shape index (κ3) is 3.48. The maximum atomic E-state index is 12.8. The van der Waals surface area contributed by atoms with Gasteiger partial charge in [-0.15, -0.1) is 0 Å². The Balaban J connectivity index is 1.68. The second kappa shape index (κ2) is 7.30. The van der Waals surface area contributed by atoms with Crippen molar-refractivity contribution in [3.63, 3.8) is 0 Å². The number of nitrogens with zero attached hydrogens (tertiary/aromatic N) is 1. The number of likely N-dealkylation sites (tertiary alicyclic amines) is 1. The molecular weight excluding hydrogens is 300 g/mol. The van der Waals surface area contributed by atoms with E-state index in [-0.39, 0.29) is 17.9 Å². The Morgan fingerprint density at radius 1 is 1.04 bits per heavy atom. The molecule has 1 heterocycles. The second-order valence-electron chi connectivity index (χ2n) is 6.16. The molecule has 1 aliphatic heterocycles. The van der Waals surface area contributed by atoms with E-state index in [1.807, 2.05) is 41.3 Å². The van der Waals surface area contributed by atoms with Gasteiger partial charge in [-0.1, -0.05) is 48.5 Å². The molecule has 1 fully saturated rings. The molecule has 0 aromatic heterocycles. The van der Waals surface area contributed by atoms with Crippen LogP contribution < -0.4 is 5.32 Å². The van der Waals surface area contributed by atoms with Gasteiger partial charge in [0.1, 0.15) is 6.04 Å². The normalized spacial score (nSPS) is 18.2. The highest BCUT2D eigenvalue weighted by Crippen LogP contribution is 2.32. The first-order chi connectivity index (χ1) is 11.7. The van der Waals surface area contributed by atoms with Crippen LogP contribution in [0.25, 0.3) is 0 Å². The molecule has 0 spiro atoms. The Morgan fingerprint density at radius 2 is 1.67 bits per heavy atom. The first-order valence-electron chi connectivity index (χ1n) is 8.38. The maximum absolute atomic E-state index is 12.8. The molecule has 24 heavy (non-hydrogen) atoms. The lowest BCUT2D eigenvalue weighted by Crippen LogP contribution is -2.46. The minimum atomic E-state index is -0.540. The summed E-state index contributed by atoms with van der Waals surface area (Å²) in [5.74, 6) is -0.238. The molecule has 0 bridgehead atoms. The molecule has 0 saturated carbocycles. The third-order valence-electron chi connectivity index (χ3n) is 4.47. The molecule has 3 rings (SSSR count). The molecule has 2 amide bonds. The molecule has 4 heteroatoms. The third-order valence-corrected chi connectivity index (χ3v) is 4.47. The molecule has 124 valence electrons. The van der Waals surface area contributed by atoms with Crippen LogP contribution >= 0.6 is 0 Å². The number of amides is 2. The minimum absolute atomic E-state index is 0.0226. The van der Waals surface area contributed by atoms with E-state index in [9.17, 15) is 9.59 Å². The summed E-state index contributed by atoms with van der Waals surface area (Å²) in [4.78, 5) is 26.9. The second-order valence-corrected chi connectivity index (χ2v) is 6.16. The monoisotopic (exact) mass is 322 g/mol. The molecule has 1 N–H and O–H groups in total. The van der Waals surface area contributed by atoms with E-state index >= 15 is 0 Å². The van der Waals surface area contributed by atoms with E-state index in [2.05, 4.69) is 17.4 Å². The van der Waals surface area contributed by atoms with Gasteiger partial charge in [0, 0.05) is 12.1 Å². The van der Waals surface area contributed by atoms with Crippen molar-refractivity contribution in [3.05, 3.63) is 71.8 Å². The zero-order valence-electron chi connectivity index (χ0n) is 13.8. The van der Waals surface area contributed by atoms with Crippen molar-refractivity contribution in [2.75, 3.05) is 6.54 Å². The van der Waals surface area contributed by atoms with Crippen LogP contribution in [0.3, 0.4) is 0 Å². The van der Waals surface area contributed by atoms with Gasteiger partial charge in [-0.25, -0.2) is 0 Å². The van der Waals surface area contributed by atoms with Gasteiger partial charge in [0.15, 0.2) is 0 Å². The van der Waals surface area contributed by atoms with Crippen LogP contribution in [0.2, 0.25) is 0 Å².